The van der Waals surface area contributed by atoms with Crippen molar-refractivity contribution < 1.29 is 0 Å². The number of hydrogen-bond acceptors (Lipinski definition) is 2. The summed E-state index contributed by atoms with van der Waals surface area (Å²) in [7, 11) is 0. The van der Waals surface area contributed by atoms with Crippen LogP contribution in [-0.4, -0.2) is 6.54 Å². The quantitative estimate of drug-likeness (QED) is 0.679. The third kappa shape index (κ3) is 1.36. The largest absolute Gasteiger partial charge is 0.229 e. The van der Waals surface area contributed by atoms with Crippen molar-refractivity contribution in [2.45, 2.75) is 12.8 Å². The van der Waals surface area contributed by atoms with E-state index >= 15 is 0 Å². The summed E-state index contributed by atoms with van der Waals surface area (Å²) in [5, 5.41) is 7.03. The summed E-state index contributed by atoms with van der Waals surface area (Å²) in [5.74, 6) is 0. The number of rotatable bonds is 1. The van der Waals surface area contributed by atoms with Crippen LogP contribution in [0.3, 0.4) is 0 Å². The van der Waals surface area contributed by atoms with Gasteiger partial charge in [-0.3, -0.25) is 0 Å². The summed E-state index contributed by atoms with van der Waals surface area (Å²) in [6.07, 6.45) is 2.03. The van der Waals surface area contributed by atoms with Crippen LogP contribution in [0.5, 0.6) is 0 Å². The van der Waals surface area contributed by atoms with Crippen molar-refractivity contribution >= 4 is 16.5 Å². The van der Waals surface area contributed by atoms with Gasteiger partial charge in [0.05, 0.1) is 11.0 Å². The lowest BCUT2D eigenvalue weighted by Gasteiger charge is -2.24. The molecule has 0 saturated heterocycles. The molecule has 80 valence electrons. The average molecular weight is 212 g/mol. The first-order chi connectivity index (χ1) is 7.88. The van der Waals surface area contributed by atoms with E-state index in [0.717, 1.165) is 30.5 Å². The second-order valence-corrected chi connectivity index (χ2v) is 4.14. The van der Waals surface area contributed by atoms with Crippen molar-refractivity contribution in [2.75, 3.05) is 11.6 Å². The number of fused-ring (bicyclic) bond motifs is 2. The van der Waals surface area contributed by atoms with E-state index in [1.165, 1.54) is 10.9 Å². The lowest BCUT2D eigenvalue weighted by molar-refractivity contribution is 0.713. The average Bonchev–Trinajstić information content (AvgIpc) is 2.35. The van der Waals surface area contributed by atoms with Crippen LogP contribution in [-0.2, 0) is 6.42 Å². The monoisotopic (exact) mass is 212 g/mol. The molecule has 0 bridgehead atoms. The molecule has 1 aliphatic heterocycles. The highest BCUT2D eigenvalue weighted by molar-refractivity contribution is 5.87. The lowest BCUT2D eigenvalue weighted by Crippen LogP contribution is -2.23. The van der Waals surface area contributed by atoms with E-state index in [4.69, 9.17) is 0 Å². The summed E-state index contributed by atoms with van der Waals surface area (Å²) in [4.78, 5) is 10.7. The number of aryl methyl sites for hydroxylation is 1. The van der Waals surface area contributed by atoms with Gasteiger partial charge in [-0.05, 0) is 41.3 Å². The summed E-state index contributed by atoms with van der Waals surface area (Å²) >= 11 is 0. The minimum absolute atomic E-state index is 0.731. The van der Waals surface area contributed by atoms with Gasteiger partial charge in [0.1, 0.15) is 0 Å². The molecule has 0 radical (unpaired) electrons. The Hall–Kier alpha value is -1.90. The topological polar surface area (TPSA) is 32.7 Å². The zero-order valence-corrected chi connectivity index (χ0v) is 8.89. The number of benzene rings is 2. The molecule has 1 heterocycles. The van der Waals surface area contributed by atoms with E-state index in [9.17, 15) is 4.91 Å². The Labute approximate surface area is 93.6 Å². The van der Waals surface area contributed by atoms with E-state index in [0.29, 0.717) is 0 Å². The smallest absolute Gasteiger partial charge is 0.0664 e. The van der Waals surface area contributed by atoms with Crippen LogP contribution in [0, 0.1) is 4.91 Å². The maximum Gasteiger partial charge on any atom is 0.0664 e. The Morgan fingerprint density at radius 1 is 1.12 bits per heavy atom. The van der Waals surface area contributed by atoms with Gasteiger partial charge in [0.2, 0.25) is 0 Å². The summed E-state index contributed by atoms with van der Waals surface area (Å²) < 4.78 is 0. The molecule has 3 heteroatoms. The van der Waals surface area contributed by atoms with Crippen molar-refractivity contribution in [1.29, 1.82) is 0 Å². The Balaban J connectivity index is 2.25. The molecule has 2 aromatic carbocycles. The molecule has 1 aliphatic rings. The van der Waals surface area contributed by atoms with E-state index < -0.39 is 0 Å². The first kappa shape index (κ1) is 9.33. The normalized spacial score (nSPS) is 14.9. The van der Waals surface area contributed by atoms with Gasteiger partial charge in [-0.25, -0.2) is 5.01 Å². The number of nitroso groups, excluding NO2 is 1. The van der Waals surface area contributed by atoms with Gasteiger partial charge in [0.25, 0.3) is 0 Å². The molecule has 0 aromatic heterocycles. The molecule has 0 fully saturated rings. The first-order valence-electron chi connectivity index (χ1n) is 5.51. The second-order valence-electron chi connectivity index (χ2n) is 4.14. The highest BCUT2D eigenvalue weighted by Gasteiger charge is 2.17. The summed E-state index contributed by atoms with van der Waals surface area (Å²) in [5.41, 5.74) is 2.20. The Bertz CT molecular complexity index is 551. The SMILES string of the molecule is O=NN1CCCc2cc3ccccc3cc21. The third-order valence-electron chi connectivity index (χ3n) is 3.14. The fourth-order valence-electron chi connectivity index (χ4n) is 2.34. The van der Waals surface area contributed by atoms with Crippen molar-refractivity contribution in [3.05, 3.63) is 46.9 Å². The molecule has 0 saturated carbocycles. The molecule has 0 aliphatic carbocycles. The van der Waals surface area contributed by atoms with Gasteiger partial charge in [-0.2, -0.15) is 0 Å². The lowest BCUT2D eigenvalue weighted by atomic mass is 9.98. The Morgan fingerprint density at radius 3 is 2.62 bits per heavy atom. The maximum atomic E-state index is 10.7. The molecule has 3 rings (SSSR count). The van der Waals surface area contributed by atoms with Gasteiger partial charge in [0, 0.05) is 6.54 Å². The van der Waals surface area contributed by atoms with Gasteiger partial charge in [-0.1, -0.05) is 24.3 Å². The number of anilines is 1. The number of hydrogen-bond donors (Lipinski definition) is 0. The van der Waals surface area contributed by atoms with Crippen molar-refractivity contribution in [3.8, 4) is 0 Å². The number of nitrogens with zero attached hydrogens (tertiary/aromatic N) is 2. The summed E-state index contributed by atoms with van der Waals surface area (Å²) in [6.45, 7) is 0.731. The van der Waals surface area contributed by atoms with E-state index in [-0.39, 0.29) is 0 Å². The fraction of sp³-hybridized carbons (Fsp3) is 0.231. The standard InChI is InChI=1S/C13H12N2O/c16-14-15-7-3-6-12-8-10-4-1-2-5-11(10)9-13(12)15/h1-2,4-5,8-9H,3,6-7H2. The fourth-order valence-corrected chi connectivity index (χ4v) is 2.34. The van der Waals surface area contributed by atoms with Crippen molar-refractivity contribution in [3.63, 3.8) is 0 Å². The highest BCUT2D eigenvalue weighted by atomic mass is 16.3. The van der Waals surface area contributed by atoms with Crippen LogP contribution in [0.4, 0.5) is 5.69 Å². The zero-order chi connectivity index (χ0) is 11.0. The van der Waals surface area contributed by atoms with Crippen molar-refractivity contribution in [1.82, 2.24) is 0 Å². The van der Waals surface area contributed by atoms with E-state index in [1.807, 2.05) is 12.1 Å². The highest BCUT2D eigenvalue weighted by Crippen LogP contribution is 2.31. The van der Waals surface area contributed by atoms with Gasteiger partial charge >= 0.3 is 0 Å². The molecule has 16 heavy (non-hydrogen) atoms. The second kappa shape index (κ2) is 3.59. The molecule has 0 unspecified atom stereocenters. The van der Waals surface area contributed by atoms with Crippen molar-refractivity contribution in [2.24, 2.45) is 5.29 Å². The minimum Gasteiger partial charge on any atom is -0.229 e. The van der Waals surface area contributed by atoms with Gasteiger partial charge < -0.3 is 0 Å². The van der Waals surface area contributed by atoms with Crippen LogP contribution in [0.2, 0.25) is 0 Å². The van der Waals surface area contributed by atoms with Gasteiger partial charge in [-0.15, -0.1) is 4.91 Å². The Kier molecular flexibility index (Phi) is 2.10. The van der Waals surface area contributed by atoms with Crippen LogP contribution in [0.15, 0.2) is 41.7 Å². The van der Waals surface area contributed by atoms with Crippen LogP contribution >= 0.6 is 0 Å². The molecule has 0 amide bonds. The maximum absolute atomic E-state index is 10.7. The molecule has 0 spiro atoms. The minimum atomic E-state index is 0.731. The molecular weight excluding hydrogens is 200 g/mol. The summed E-state index contributed by atoms with van der Waals surface area (Å²) in [6, 6.07) is 12.4. The van der Waals surface area contributed by atoms with Crippen LogP contribution < -0.4 is 5.01 Å². The zero-order valence-electron chi connectivity index (χ0n) is 8.89. The third-order valence-corrected chi connectivity index (χ3v) is 3.14. The van der Waals surface area contributed by atoms with Gasteiger partial charge in [0.15, 0.2) is 0 Å². The molecule has 0 N–H and O–H groups in total. The molecule has 3 nitrogen and oxygen atoms in total. The van der Waals surface area contributed by atoms with Crippen LogP contribution in [0.25, 0.3) is 10.8 Å². The van der Waals surface area contributed by atoms with Crippen LogP contribution in [0.1, 0.15) is 12.0 Å². The molecular formula is C13H12N2O. The Morgan fingerprint density at radius 2 is 1.88 bits per heavy atom. The predicted octanol–water partition coefficient (Wildman–Crippen LogP) is 3.27. The predicted molar refractivity (Wildman–Crippen MR) is 65.4 cm³/mol. The molecule has 0 atom stereocenters. The molecule has 2 aromatic rings. The first-order valence-corrected chi connectivity index (χ1v) is 5.51. The van der Waals surface area contributed by atoms with E-state index in [1.54, 1.807) is 5.01 Å². The van der Waals surface area contributed by atoms with E-state index in [2.05, 4.69) is 29.6 Å².